The van der Waals surface area contributed by atoms with Gasteiger partial charge in [-0.25, -0.2) is 4.98 Å². The van der Waals surface area contributed by atoms with Gasteiger partial charge in [0.2, 0.25) is 0 Å². The number of fused-ring (bicyclic) bond motifs is 1. The predicted octanol–water partition coefficient (Wildman–Crippen LogP) is 3.91. The number of aromatic nitrogens is 3. The van der Waals surface area contributed by atoms with E-state index in [4.69, 9.17) is 0 Å². The molecule has 0 spiro atoms. The van der Waals surface area contributed by atoms with Gasteiger partial charge in [0, 0.05) is 24.3 Å². The highest BCUT2D eigenvalue weighted by Crippen LogP contribution is 2.36. The molecule has 4 rings (SSSR count). The summed E-state index contributed by atoms with van der Waals surface area (Å²) in [5.74, 6) is -0.0226. The van der Waals surface area contributed by atoms with Crippen LogP contribution < -0.4 is 0 Å². The largest absolute Gasteiger partial charge is 0.323 e. The molecule has 5 nitrogen and oxygen atoms in total. The molecular formula is C20H22N4OS. The molecule has 1 atom stereocenters. The smallest absolute Gasteiger partial charge is 0.275 e. The Morgan fingerprint density at radius 3 is 2.96 bits per heavy atom. The van der Waals surface area contributed by atoms with E-state index < -0.39 is 0 Å². The predicted molar refractivity (Wildman–Crippen MR) is 102 cm³/mol. The quantitative estimate of drug-likeness (QED) is 0.703. The lowest BCUT2D eigenvalue weighted by Crippen LogP contribution is -2.36. The molecule has 0 bridgehead atoms. The number of hydrogen-bond acceptors (Lipinski definition) is 4. The third-order valence-electron chi connectivity index (χ3n) is 5.10. The molecule has 3 aromatic rings. The number of thiazole rings is 1. The minimum absolute atomic E-state index is 0.0226. The fourth-order valence-electron chi connectivity index (χ4n) is 3.66. The first-order chi connectivity index (χ1) is 12.6. The van der Waals surface area contributed by atoms with Crippen molar-refractivity contribution >= 4 is 17.2 Å². The summed E-state index contributed by atoms with van der Waals surface area (Å²) in [7, 11) is 1.87. The van der Waals surface area contributed by atoms with E-state index in [0.29, 0.717) is 12.2 Å². The van der Waals surface area contributed by atoms with Gasteiger partial charge in [-0.05, 0) is 43.4 Å². The van der Waals surface area contributed by atoms with E-state index in [1.807, 2.05) is 30.3 Å². The van der Waals surface area contributed by atoms with Crippen molar-refractivity contribution in [3.8, 4) is 0 Å². The SMILES string of the molecule is Cc1cc(C(=O)N(Cc2nccs2)[C@H]2CCCc3ccccc32)nn1C. The van der Waals surface area contributed by atoms with Crippen LogP contribution in [0.5, 0.6) is 0 Å². The third kappa shape index (κ3) is 3.17. The van der Waals surface area contributed by atoms with Gasteiger partial charge in [-0.3, -0.25) is 9.48 Å². The van der Waals surface area contributed by atoms with E-state index >= 15 is 0 Å². The van der Waals surface area contributed by atoms with E-state index in [1.54, 1.807) is 22.2 Å². The maximum absolute atomic E-state index is 13.4. The summed E-state index contributed by atoms with van der Waals surface area (Å²) < 4.78 is 1.75. The van der Waals surface area contributed by atoms with E-state index in [1.165, 1.54) is 11.1 Å². The molecule has 6 heteroatoms. The molecule has 1 aromatic carbocycles. The van der Waals surface area contributed by atoms with Crippen molar-refractivity contribution in [3.63, 3.8) is 0 Å². The lowest BCUT2D eigenvalue weighted by atomic mass is 9.86. The van der Waals surface area contributed by atoms with Gasteiger partial charge < -0.3 is 4.90 Å². The average molecular weight is 366 g/mol. The van der Waals surface area contributed by atoms with Crippen molar-refractivity contribution in [2.45, 2.75) is 38.8 Å². The molecule has 1 aliphatic carbocycles. The number of aryl methyl sites for hydroxylation is 3. The maximum atomic E-state index is 13.4. The van der Waals surface area contributed by atoms with Crippen molar-refractivity contribution in [2.75, 3.05) is 0 Å². The molecule has 1 aliphatic rings. The molecule has 0 unspecified atom stereocenters. The monoisotopic (exact) mass is 366 g/mol. The van der Waals surface area contributed by atoms with Crippen molar-refractivity contribution in [1.29, 1.82) is 0 Å². The van der Waals surface area contributed by atoms with Gasteiger partial charge in [-0.1, -0.05) is 24.3 Å². The molecule has 0 fully saturated rings. The van der Waals surface area contributed by atoms with E-state index in [-0.39, 0.29) is 11.9 Å². The Hall–Kier alpha value is -2.47. The Kier molecular flexibility index (Phi) is 4.59. The number of nitrogens with zero attached hydrogens (tertiary/aromatic N) is 4. The highest BCUT2D eigenvalue weighted by atomic mass is 32.1. The van der Waals surface area contributed by atoms with Crippen LogP contribution in [0.1, 0.15) is 51.2 Å². The van der Waals surface area contributed by atoms with Crippen LogP contribution in [0.2, 0.25) is 0 Å². The standard InChI is InChI=1S/C20H22N4OS/c1-14-12-17(22-23(14)2)20(25)24(13-19-21-10-11-26-19)18-9-5-7-15-6-3-4-8-16(15)18/h3-4,6,8,10-12,18H,5,7,9,13H2,1-2H3/t18-/m0/s1. The summed E-state index contributed by atoms with van der Waals surface area (Å²) in [6, 6.07) is 10.4. The highest BCUT2D eigenvalue weighted by molar-refractivity contribution is 7.09. The van der Waals surface area contributed by atoms with Crippen LogP contribution in [0.25, 0.3) is 0 Å². The molecule has 26 heavy (non-hydrogen) atoms. The molecule has 2 aromatic heterocycles. The number of carbonyl (C=O) groups is 1. The van der Waals surface area contributed by atoms with Gasteiger partial charge >= 0.3 is 0 Å². The summed E-state index contributed by atoms with van der Waals surface area (Å²) in [4.78, 5) is 19.7. The van der Waals surface area contributed by atoms with Gasteiger partial charge in [-0.15, -0.1) is 11.3 Å². The van der Waals surface area contributed by atoms with Crippen LogP contribution in [0.15, 0.2) is 41.9 Å². The van der Waals surface area contributed by atoms with Gasteiger partial charge in [0.1, 0.15) is 5.01 Å². The maximum Gasteiger partial charge on any atom is 0.275 e. The minimum Gasteiger partial charge on any atom is -0.323 e. The zero-order valence-corrected chi connectivity index (χ0v) is 15.9. The van der Waals surface area contributed by atoms with E-state index in [2.05, 4.69) is 34.3 Å². The highest BCUT2D eigenvalue weighted by Gasteiger charge is 2.31. The molecule has 0 aliphatic heterocycles. The number of benzene rings is 1. The fourth-order valence-corrected chi connectivity index (χ4v) is 4.28. The lowest BCUT2D eigenvalue weighted by molar-refractivity contribution is 0.0631. The summed E-state index contributed by atoms with van der Waals surface area (Å²) in [6.07, 6.45) is 4.93. The first-order valence-corrected chi connectivity index (χ1v) is 9.79. The number of amides is 1. The second kappa shape index (κ2) is 7.03. The Morgan fingerprint density at radius 1 is 1.38 bits per heavy atom. The van der Waals surface area contributed by atoms with E-state index in [9.17, 15) is 4.79 Å². The summed E-state index contributed by atoms with van der Waals surface area (Å²) in [5, 5.41) is 7.33. The zero-order chi connectivity index (χ0) is 18.1. The van der Waals surface area contributed by atoms with Crippen molar-refractivity contribution in [1.82, 2.24) is 19.7 Å². The number of hydrogen-bond donors (Lipinski definition) is 0. The third-order valence-corrected chi connectivity index (χ3v) is 5.86. The Balaban J connectivity index is 1.73. The second-order valence-corrected chi connectivity index (χ2v) is 7.74. The average Bonchev–Trinajstić information content (AvgIpc) is 3.29. The summed E-state index contributed by atoms with van der Waals surface area (Å²) >= 11 is 1.59. The minimum atomic E-state index is -0.0226. The number of carbonyl (C=O) groups excluding carboxylic acids is 1. The molecule has 1 amide bonds. The van der Waals surface area contributed by atoms with Gasteiger partial charge in [-0.2, -0.15) is 5.10 Å². The second-order valence-electron chi connectivity index (χ2n) is 6.76. The number of rotatable bonds is 4. The van der Waals surface area contributed by atoms with Crippen molar-refractivity contribution in [3.05, 3.63) is 69.4 Å². The molecule has 0 saturated heterocycles. The van der Waals surface area contributed by atoms with Crippen LogP contribution in [-0.4, -0.2) is 25.6 Å². The molecular weight excluding hydrogens is 344 g/mol. The lowest BCUT2D eigenvalue weighted by Gasteiger charge is -2.35. The fraction of sp³-hybridized carbons (Fsp3) is 0.350. The summed E-state index contributed by atoms with van der Waals surface area (Å²) in [5.41, 5.74) is 4.09. The first kappa shape index (κ1) is 17.0. The molecule has 2 heterocycles. The van der Waals surface area contributed by atoms with Gasteiger partial charge in [0.05, 0.1) is 12.6 Å². The van der Waals surface area contributed by atoms with Crippen LogP contribution in [0.4, 0.5) is 0 Å². The van der Waals surface area contributed by atoms with Gasteiger partial charge in [0.25, 0.3) is 5.91 Å². The van der Waals surface area contributed by atoms with Crippen LogP contribution in [0, 0.1) is 6.92 Å². The van der Waals surface area contributed by atoms with Crippen molar-refractivity contribution < 1.29 is 4.79 Å². The molecule has 134 valence electrons. The Labute approximate surface area is 157 Å². The topological polar surface area (TPSA) is 51.0 Å². The summed E-state index contributed by atoms with van der Waals surface area (Å²) in [6.45, 7) is 2.48. The van der Waals surface area contributed by atoms with Crippen LogP contribution in [-0.2, 0) is 20.0 Å². The Morgan fingerprint density at radius 2 is 2.23 bits per heavy atom. The molecule has 0 N–H and O–H groups in total. The van der Waals surface area contributed by atoms with Crippen molar-refractivity contribution in [2.24, 2.45) is 7.05 Å². The van der Waals surface area contributed by atoms with Crippen LogP contribution >= 0.6 is 11.3 Å². The Bertz CT molecular complexity index is 896. The van der Waals surface area contributed by atoms with Gasteiger partial charge in [0.15, 0.2) is 5.69 Å². The zero-order valence-electron chi connectivity index (χ0n) is 15.1. The molecule has 0 saturated carbocycles. The van der Waals surface area contributed by atoms with E-state index in [0.717, 1.165) is 30.0 Å². The first-order valence-electron chi connectivity index (χ1n) is 8.91. The molecule has 0 radical (unpaired) electrons. The van der Waals surface area contributed by atoms with Crippen LogP contribution in [0.3, 0.4) is 0 Å². The normalized spacial score (nSPS) is 16.3.